The Labute approximate surface area is 203 Å². The zero-order valence-electron chi connectivity index (χ0n) is 20.3. The van der Waals surface area contributed by atoms with E-state index in [1.807, 2.05) is 51.5 Å². The quantitative estimate of drug-likeness (QED) is 0.469. The summed E-state index contributed by atoms with van der Waals surface area (Å²) in [6, 6.07) is 3.96. The number of nitrogens with zero attached hydrogens (tertiary/aromatic N) is 6. The topological polar surface area (TPSA) is 100 Å². The lowest BCUT2D eigenvalue weighted by atomic mass is 10.1. The Morgan fingerprint density at radius 1 is 1.09 bits per heavy atom. The third-order valence-corrected chi connectivity index (χ3v) is 6.57. The fraction of sp³-hybridized carbons (Fsp3) is 0.423. The number of carbonyl (C=O) groups excluding carboxylic acids is 1. The predicted octanol–water partition coefficient (Wildman–Crippen LogP) is 4.50. The van der Waals surface area contributed by atoms with E-state index in [2.05, 4.69) is 19.9 Å². The van der Waals surface area contributed by atoms with E-state index >= 15 is 0 Å². The maximum Gasteiger partial charge on any atom is 0.410 e. The predicted molar refractivity (Wildman–Crippen MR) is 134 cm³/mol. The fourth-order valence-corrected chi connectivity index (χ4v) is 4.73. The summed E-state index contributed by atoms with van der Waals surface area (Å²) in [7, 11) is 0. The Hall–Kier alpha value is -3.75. The number of rotatable bonds is 3. The smallest absolute Gasteiger partial charge is 0.410 e. The van der Waals surface area contributed by atoms with E-state index in [4.69, 9.17) is 14.7 Å². The Kier molecular flexibility index (Phi) is 5.09. The van der Waals surface area contributed by atoms with Crippen molar-refractivity contribution >= 4 is 33.8 Å². The van der Waals surface area contributed by atoms with Gasteiger partial charge >= 0.3 is 6.09 Å². The minimum absolute atomic E-state index is 0.264. The summed E-state index contributed by atoms with van der Waals surface area (Å²) in [6.45, 7) is 8.19. The van der Waals surface area contributed by atoms with Crippen LogP contribution in [-0.2, 0) is 4.74 Å². The second-order valence-corrected chi connectivity index (χ2v) is 10.3. The summed E-state index contributed by atoms with van der Waals surface area (Å²) in [5.74, 6) is 2.09. The van der Waals surface area contributed by atoms with Gasteiger partial charge in [0.15, 0.2) is 5.82 Å². The number of anilines is 1. The zero-order chi connectivity index (χ0) is 24.2. The number of fused-ring (bicyclic) bond motifs is 2. The Morgan fingerprint density at radius 3 is 2.63 bits per heavy atom. The van der Waals surface area contributed by atoms with Gasteiger partial charge in [-0.05, 0) is 57.2 Å². The zero-order valence-corrected chi connectivity index (χ0v) is 20.3. The van der Waals surface area contributed by atoms with Crippen molar-refractivity contribution in [2.45, 2.75) is 45.1 Å². The molecular formula is C26H29N7O2. The molecule has 35 heavy (non-hydrogen) atoms. The van der Waals surface area contributed by atoms with E-state index in [0.717, 1.165) is 33.3 Å². The molecule has 1 amide bonds. The molecule has 4 aromatic rings. The summed E-state index contributed by atoms with van der Waals surface area (Å²) < 4.78 is 5.58. The largest absolute Gasteiger partial charge is 0.444 e. The molecule has 4 aromatic heterocycles. The van der Waals surface area contributed by atoms with Gasteiger partial charge in [-0.15, -0.1) is 0 Å². The Morgan fingerprint density at radius 2 is 1.89 bits per heavy atom. The molecule has 0 atom stereocenters. The van der Waals surface area contributed by atoms with Crippen LogP contribution in [0.5, 0.6) is 0 Å². The minimum Gasteiger partial charge on any atom is -0.444 e. The van der Waals surface area contributed by atoms with Crippen molar-refractivity contribution in [3.63, 3.8) is 0 Å². The number of hydrogen-bond donors (Lipinski definition) is 1. The van der Waals surface area contributed by atoms with Crippen molar-refractivity contribution in [1.82, 2.24) is 29.8 Å². The third-order valence-electron chi connectivity index (χ3n) is 6.57. The standard InChI is InChI=1S/C26H29N7O2/c1-26(2,3)35-25(34)33-12-10-32(11-13-33)24-21-19(16-4-5-16)14-27-15-20(21)30-23(31-24)18-7-9-29-22-17(18)6-8-28-22/h6-9,14-16H,4-5,10-13H2,1-3H3,(H,28,29). The lowest BCUT2D eigenvalue weighted by molar-refractivity contribution is 0.0240. The van der Waals surface area contributed by atoms with Crippen LogP contribution in [0.2, 0.25) is 0 Å². The summed E-state index contributed by atoms with van der Waals surface area (Å²) in [4.78, 5) is 38.9. The molecule has 1 aliphatic heterocycles. The van der Waals surface area contributed by atoms with Crippen molar-refractivity contribution in [3.05, 3.63) is 42.5 Å². The van der Waals surface area contributed by atoms with Crippen LogP contribution in [0, 0.1) is 0 Å². The highest BCUT2D eigenvalue weighted by molar-refractivity contribution is 5.97. The van der Waals surface area contributed by atoms with Gasteiger partial charge in [0.05, 0.1) is 11.7 Å². The van der Waals surface area contributed by atoms with Crippen LogP contribution in [0.4, 0.5) is 10.6 Å². The van der Waals surface area contributed by atoms with Crippen molar-refractivity contribution in [3.8, 4) is 11.4 Å². The number of aromatic nitrogens is 5. The van der Waals surface area contributed by atoms with Crippen LogP contribution in [0.15, 0.2) is 36.9 Å². The van der Waals surface area contributed by atoms with Gasteiger partial charge in [-0.25, -0.2) is 19.7 Å². The van der Waals surface area contributed by atoms with Crippen molar-refractivity contribution in [1.29, 1.82) is 0 Å². The van der Waals surface area contributed by atoms with E-state index in [1.165, 1.54) is 18.4 Å². The molecule has 1 saturated heterocycles. The summed E-state index contributed by atoms with van der Waals surface area (Å²) >= 11 is 0. The molecular weight excluding hydrogens is 442 g/mol. The summed E-state index contributed by atoms with van der Waals surface area (Å²) in [5, 5.41) is 2.06. The first kappa shape index (κ1) is 21.8. The second-order valence-electron chi connectivity index (χ2n) is 10.3. The molecule has 5 heterocycles. The number of carbonyl (C=O) groups is 1. The third kappa shape index (κ3) is 4.15. The van der Waals surface area contributed by atoms with Crippen LogP contribution in [0.25, 0.3) is 33.3 Å². The maximum atomic E-state index is 12.6. The van der Waals surface area contributed by atoms with Gasteiger partial charge < -0.3 is 19.5 Å². The van der Waals surface area contributed by atoms with Gasteiger partial charge in [-0.2, -0.15) is 0 Å². The van der Waals surface area contributed by atoms with E-state index < -0.39 is 5.60 Å². The number of pyridine rings is 2. The maximum absolute atomic E-state index is 12.6. The van der Waals surface area contributed by atoms with Crippen LogP contribution in [0.3, 0.4) is 0 Å². The summed E-state index contributed by atoms with van der Waals surface area (Å²) in [6.07, 6.45) is 9.54. The highest BCUT2D eigenvalue weighted by Gasteiger charge is 2.31. The molecule has 0 spiro atoms. The molecule has 1 N–H and O–H groups in total. The molecule has 0 aromatic carbocycles. The second kappa shape index (κ2) is 8.18. The number of H-pyrrole nitrogens is 1. The van der Waals surface area contributed by atoms with Gasteiger partial charge in [0, 0.05) is 61.1 Å². The molecule has 9 nitrogen and oxygen atoms in total. The molecule has 2 aliphatic rings. The first-order valence-electron chi connectivity index (χ1n) is 12.2. The highest BCUT2D eigenvalue weighted by Crippen LogP contribution is 2.45. The van der Waals surface area contributed by atoms with Crippen LogP contribution < -0.4 is 4.90 Å². The number of aromatic amines is 1. The number of ether oxygens (including phenoxy) is 1. The van der Waals surface area contributed by atoms with Gasteiger partial charge in [-0.1, -0.05) is 0 Å². The molecule has 1 saturated carbocycles. The van der Waals surface area contributed by atoms with E-state index in [-0.39, 0.29) is 6.09 Å². The van der Waals surface area contributed by atoms with E-state index in [1.54, 1.807) is 11.1 Å². The highest BCUT2D eigenvalue weighted by atomic mass is 16.6. The van der Waals surface area contributed by atoms with Crippen molar-refractivity contribution in [2.75, 3.05) is 31.1 Å². The molecule has 180 valence electrons. The van der Waals surface area contributed by atoms with Gasteiger partial charge in [0.1, 0.15) is 17.1 Å². The SMILES string of the molecule is CC(C)(C)OC(=O)N1CCN(c2nc(-c3ccnc4[nH]ccc34)nc3cncc(C4CC4)c23)CC1. The number of hydrogen-bond acceptors (Lipinski definition) is 7. The van der Waals surface area contributed by atoms with Gasteiger partial charge in [0.25, 0.3) is 0 Å². The Bertz CT molecular complexity index is 1410. The van der Waals surface area contributed by atoms with E-state index in [0.29, 0.717) is 37.9 Å². The summed E-state index contributed by atoms with van der Waals surface area (Å²) in [5.41, 5.74) is 3.31. The minimum atomic E-state index is -0.508. The van der Waals surface area contributed by atoms with Crippen LogP contribution >= 0.6 is 0 Å². The first-order chi connectivity index (χ1) is 16.9. The lowest BCUT2D eigenvalue weighted by Gasteiger charge is -2.36. The number of nitrogens with one attached hydrogen (secondary N) is 1. The average Bonchev–Trinajstić information content (AvgIpc) is 3.57. The normalized spacial score (nSPS) is 16.8. The Balaban J connectivity index is 1.40. The molecule has 0 unspecified atom stereocenters. The lowest BCUT2D eigenvalue weighted by Crippen LogP contribution is -2.50. The molecule has 2 fully saturated rings. The number of piperazine rings is 1. The average molecular weight is 472 g/mol. The monoisotopic (exact) mass is 471 g/mol. The van der Waals surface area contributed by atoms with Crippen molar-refractivity contribution < 1.29 is 9.53 Å². The molecule has 9 heteroatoms. The molecule has 0 radical (unpaired) electrons. The van der Waals surface area contributed by atoms with E-state index in [9.17, 15) is 4.79 Å². The van der Waals surface area contributed by atoms with Crippen LogP contribution in [-0.4, -0.2) is 67.7 Å². The molecule has 0 bridgehead atoms. The molecule has 1 aliphatic carbocycles. The fourth-order valence-electron chi connectivity index (χ4n) is 4.73. The van der Waals surface area contributed by atoms with Gasteiger partial charge in [-0.3, -0.25) is 4.98 Å². The molecule has 6 rings (SSSR count). The van der Waals surface area contributed by atoms with Crippen molar-refractivity contribution in [2.24, 2.45) is 0 Å². The van der Waals surface area contributed by atoms with Gasteiger partial charge in [0.2, 0.25) is 0 Å². The van der Waals surface area contributed by atoms with Crippen LogP contribution in [0.1, 0.15) is 45.1 Å². The first-order valence-corrected chi connectivity index (χ1v) is 12.2. The number of amides is 1.